The first-order chi connectivity index (χ1) is 13.6. The molecule has 1 aromatic heterocycles. The molecular formula is C21H22N2O4S. The molecule has 0 aliphatic rings. The van der Waals surface area contributed by atoms with Crippen LogP contribution in [0.5, 0.6) is 5.75 Å². The van der Waals surface area contributed by atoms with E-state index in [0.717, 1.165) is 0 Å². The number of hydrogen-bond acceptors (Lipinski definition) is 6. The highest BCUT2D eigenvalue weighted by Gasteiger charge is 2.23. The third-order valence-corrected chi connectivity index (χ3v) is 5.51. The van der Waals surface area contributed by atoms with Crippen molar-refractivity contribution in [2.45, 2.75) is 30.7 Å². The lowest BCUT2D eigenvalue weighted by atomic mass is 10.2. The largest absolute Gasteiger partial charge is 0.494 e. The molecule has 0 fully saturated rings. The van der Waals surface area contributed by atoms with Gasteiger partial charge in [-0.15, -0.1) is 0 Å². The fourth-order valence-corrected chi connectivity index (χ4v) is 3.91. The molecule has 0 saturated carbocycles. The molecule has 0 saturated heterocycles. The minimum absolute atomic E-state index is 0.193. The van der Waals surface area contributed by atoms with Crippen molar-refractivity contribution >= 4 is 28.6 Å². The number of benzene rings is 2. The molecule has 7 heteroatoms. The summed E-state index contributed by atoms with van der Waals surface area (Å²) >= 11 is 1.23. The molecule has 0 unspecified atom stereocenters. The molecule has 1 atom stereocenters. The molecule has 0 N–H and O–H groups in total. The zero-order valence-corrected chi connectivity index (χ0v) is 16.9. The lowest BCUT2D eigenvalue weighted by Gasteiger charge is -2.17. The maximum absolute atomic E-state index is 13.3. The Labute approximate surface area is 167 Å². The van der Waals surface area contributed by atoms with Gasteiger partial charge in [0.05, 0.1) is 30.3 Å². The molecule has 0 amide bonds. The first-order valence-electron chi connectivity index (χ1n) is 9.08. The number of ether oxygens (including phenoxy) is 2. The van der Waals surface area contributed by atoms with Gasteiger partial charge in [-0.1, -0.05) is 36.9 Å². The number of rotatable bonds is 7. The Hall–Kier alpha value is -2.80. The highest BCUT2D eigenvalue weighted by Crippen LogP contribution is 2.28. The predicted octanol–water partition coefficient (Wildman–Crippen LogP) is 3.83. The lowest BCUT2D eigenvalue weighted by Crippen LogP contribution is -2.25. The standard InChI is InChI=1S/C21H22N2O4S/c1-4-18(20(25)26-3)28-21-22-17-12-7-6-11-16(17)19(24)23(21)14-9-8-10-15(13-14)27-5-2/h6-13,18H,4-5H2,1-3H3/t18-/m0/s1. The van der Waals surface area contributed by atoms with Crippen molar-refractivity contribution in [3.8, 4) is 11.4 Å². The van der Waals surface area contributed by atoms with Gasteiger partial charge in [0.1, 0.15) is 11.0 Å². The van der Waals surface area contributed by atoms with Crippen molar-refractivity contribution in [2.24, 2.45) is 0 Å². The second-order valence-electron chi connectivity index (χ2n) is 6.02. The molecule has 1 heterocycles. The number of fused-ring (bicyclic) bond motifs is 1. The Morgan fingerprint density at radius 1 is 1.18 bits per heavy atom. The highest BCUT2D eigenvalue weighted by molar-refractivity contribution is 8.00. The number of methoxy groups -OCH3 is 1. The summed E-state index contributed by atoms with van der Waals surface area (Å²) in [6.45, 7) is 4.32. The molecule has 0 aliphatic heterocycles. The van der Waals surface area contributed by atoms with Crippen LogP contribution >= 0.6 is 11.8 Å². The second kappa shape index (κ2) is 8.93. The minimum atomic E-state index is -0.459. The van der Waals surface area contributed by atoms with Crippen LogP contribution in [0.1, 0.15) is 20.3 Å². The average Bonchev–Trinajstić information content (AvgIpc) is 2.72. The molecule has 146 valence electrons. The molecule has 6 nitrogen and oxygen atoms in total. The van der Waals surface area contributed by atoms with E-state index < -0.39 is 5.25 Å². The number of aromatic nitrogens is 2. The van der Waals surface area contributed by atoms with Crippen LogP contribution < -0.4 is 10.3 Å². The maximum atomic E-state index is 13.3. The highest BCUT2D eigenvalue weighted by atomic mass is 32.2. The number of esters is 1. The SMILES string of the molecule is CCOc1cccc(-n2c(S[C@@H](CC)C(=O)OC)nc3ccccc3c2=O)c1. The van der Waals surface area contributed by atoms with Gasteiger partial charge >= 0.3 is 5.97 Å². The first-order valence-corrected chi connectivity index (χ1v) is 9.96. The van der Waals surface area contributed by atoms with Crippen LogP contribution in [-0.4, -0.2) is 34.5 Å². The van der Waals surface area contributed by atoms with Crippen LogP contribution in [0, 0.1) is 0 Å². The predicted molar refractivity (Wildman–Crippen MR) is 110 cm³/mol. The number of nitrogens with zero attached hydrogens (tertiary/aromatic N) is 2. The third kappa shape index (κ3) is 4.04. The Bertz CT molecular complexity index is 1050. The van der Waals surface area contributed by atoms with Crippen LogP contribution in [0.4, 0.5) is 0 Å². The molecule has 0 aliphatic carbocycles. The normalized spacial score (nSPS) is 12.0. The number of para-hydroxylation sites is 1. The van der Waals surface area contributed by atoms with Gasteiger partial charge in [0.2, 0.25) is 0 Å². The van der Waals surface area contributed by atoms with Crippen molar-refractivity contribution in [1.29, 1.82) is 0 Å². The fraction of sp³-hybridized carbons (Fsp3) is 0.286. The Morgan fingerprint density at radius 3 is 2.68 bits per heavy atom. The molecule has 3 rings (SSSR count). The molecule has 0 radical (unpaired) electrons. The Balaban J connectivity index is 2.21. The third-order valence-electron chi connectivity index (χ3n) is 4.21. The zero-order chi connectivity index (χ0) is 20.1. The van der Waals surface area contributed by atoms with Crippen molar-refractivity contribution < 1.29 is 14.3 Å². The number of hydrogen-bond donors (Lipinski definition) is 0. The van der Waals surface area contributed by atoms with Gasteiger partial charge in [0, 0.05) is 6.07 Å². The van der Waals surface area contributed by atoms with Gasteiger partial charge in [0.15, 0.2) is 5.16 Å². The van der Waals surface area contributed by atoms with Gasteiger partial charge in [0.25, 0.3) is 5.56 Å². The van der Waals surface area contributed by atoms with E-state index in [2.05, 4.69) is 4.98 Å². The summed E-state index contributed by atoms with van der Waals surface area (Å²) in [6, 6.07) is 14.5. The van der Waals surface area contributed by atoms with E-state index in [1.807, 2.05) is 44.2 Å². The van der Waals surface area contributed by atoms with Crippen molar-refractivity contribution in [1.82, 2.24) is 9.55 Å². The molecular weight excluding hydrogens is 376 g/mol. The van der Waals surface area contributed by atoms with E-state index in [-0.39, 0.29) is 11.5 Å². The summed E-state index contributed by atoms with van der Waals surface area (Å²) in [6.07, 6.45) is 0.555. The Kier molecular flexibility index (Phi) is 6.36. The van der Waals surface area contributed by atoms with Crippen molar-refractivity contribution in [3.63, 3.8) is 0 Å². The average molecular weight is 398 g/mol. The molecule has 3 aromatic rings. The summed E-state index contributed by atoms with van der Waals surface area (Å²) in [4.78, 5) is 30.1. The van der Waals surface area contributed by atoms with Gasteiger partial charge in [-0.05, 0) is 37.6 Å². The summed E-state index contributed by atoms with van der Waals surface area (Å²) in [7, 11) is 1.36. The second-order valence-corrected chi connectivity index (χ2v) is 7.19. The van der Waals surface area contributed by atoms with E-state index in [1.165, 1.54) is 23.4 Å². The quantitative estimate of drug-likeness (QED) is 0.342. The van der Waals surface area contributed by atoms with Gasteiger partial charge in [-0.25, -0.2) is 4.98 Å². The van der Waals surface area contributed by atoms with Crippen molar-refractivity contribution in [2.75, 3.05) is 13.7 Å². The summed E-state index contributed by atoms with van der Waals surface area (Å²) < 4.78 is 12.0. The van der Waals surface area contributed by atoms with E-state index in [4.69, 9.17) is 9.47 Å². The smallest absolute Gasteiger partial charge is 0.319 e. The first kappa shape index (κ1) is 19.9. The molecule has 2 aromatic carbocycles. The topological polar surface area (TPSA) is 70.4 Å². The van der Waals surface area contributed by atoms with Crippen LogP contribution in [0.15, 0.2) is 58.5 Å². The zero-order valence-electron chi connectivity index (χ0n) is 16.0. The minimum Gasteiger partial charge on any atom is -0.494 e. The van der Waals surface area contributed by atoms with E-state index in [1.54, 1.807) is 18.2 Å². The van der Waals surface area contributed by atoms with Crippen LogP contribution in [0.3, 0.4) is 0 Å². The summed E-state index contributed by atoms with van der Waals surface area (Å²) in [5.41, 5.74) is 1.03. The summed E-state index contributed by atoms with van der Waals surface area (Å²) in [5, 5.41) is 0.494. The van der Waals surface area contributed by atoms with E-state index >= 15 is 0 Å². The monoisotopic (exact) mass is 398 g/mol. The molecule has 0 spiro atoms. The van der Waals surface area contributed by atoms with Gasteiger partial charge < -0.3 is 9.47 Å². The number of carbonyl (C=O) groups is 1. The van der Waals surface area contributed by atoms with Crippen LogP contribution in [0.2, 0.25) is 0 Å². The van der Waals surface area contributed by atoms with Gasteiger partial charge in [-0.2, -0.15) is 0 Å². The number of carbonyl (C=O) groups excluding carboxylic acids is 1. The molecule has 0 bridgehead atoms. The fourth-order valence-electron chi connectivity index (χ4n) is 2.85. The van der Waals surface area contributed by atoms with E-state index in [9.17, 15) is 9.59 Å². The van der Waals surface area contributed by atoms with Crippen LogP contribution in [0.25, 0.3) is 16.6 Å². The van der Waals surface area contributed by atoms with Crippen molar-refractivity contribution in [3.05, 3.63) is 58.9 Å². The summed E-state index contributed by atoms with van der Waals surface area (Å²) in [5.74, 6) is 0.320. The van der Waals surface area contributed by atoms with E-state index in [0.29, 0.717) is 40.5 Å². The van der Waals surface area contributed by atoms with Gasteiger partial charge in [-0.3, -0.25) is 14.2 Å². The van der Waals surface area contributed by atoms with Crippen LogP contribution in [-0.2, 0) is 9.53 Å². The molecule has 28 heavy (non-hydrogen) atoms. The Morgan fingerprint density at radius 2 is 1.96 bits per heavy atom. The number of thioether (sulfide) groups is 1. The lowest BCUT2D eigenvalue weighted by molar-refractivity contribution is -0.140. The maximum Gasteiger partial charge on any atom is 0.319 e.